The molecule has 1 aromatic carbocycles. The minimum absolute atomic E-state index is 0.158. The molecule has 0 fully saturated rings. The van der Waals surface area contributed by atoms with Gasteiger partial charge in [0.25, 0.3) is 0 Å². The highest BCUT2D eigenvalue weighted by Gasteiger charge is 2.14. The lowest BCUT2D eigenvalue weighted by Gasteiger charge is -2.23. The van der Waals surface area contributed by atoms with Gasteiger partial charge in [0, 0.05) is 19.2 Å². The molecule has 120 valence electrons. The standard InChI is InChI=1S/C17H29NO3/c1-12(2)17(5-6-19)18-10-15(20)11-21-16-8-13(3)7-14(4)9-16/h7-9,12,15,17-20H,5-6,10-11H2,1-4H3. The average molecular weight is 295 g/mol. The number of hydrogen-bond donors (Lipinski definition) is 3. The minimum Gasteiger partial charge on any atom is -0.491 e. The Morgan fingerprint density at radius 1 is 1.14 bits per heavy atom. The van der Waals surface area contributed by atoms with Crippen LogP contribution in [0.2, 0.25) is 0 Å². The highest BCUT2D eigenvalue weighted by Crippen LogP contribution is 2.16. The van der Waals surface area contributed by atoms with Crippen LogP contribution >= 0.6 is 0 Å². The maximum Gasteiger partial charge on any atom is 0.119 e. The molecule has 4 heteroatoms. The van der Waals surface area contributed by atoms with Crippen LogP contribution in [0.3, 0.4) is 0 Å². The molecule has 0 aliphatic carbocycles. The van der Waals surface area contributed by atoms with Crippen molar-refractivity contribution in [3.63, 3.8) is 0 Å². The summed E-state index contributed by atoms with van der Waals surface area (Å²) in [5.41, 5.74) is 2.31. The van der Waals surface area contributed by atoms with Gasteiger partial charge in [0.05, 0.1) is 0 Å². The highest BCUT2D eigenvalue weighted by atomic mass is 16.5. The van der Waals surface area contributed by atoms with E-state index in [-0.39, 0.29) is 19.3 Å². The van der Waals surface area contributed by atoms with E-state index in [0.29, 0.717) is 18.9 Å². The molecule has 0 aliphatic rings. The summed E-state index contributed by atoms with van der Waals surface area (Å²) in [4.78, 5) is 0. The molecule has 0 bridgehead atoms. The second-order valence-corrected chi connectivity index (χ2v) is 6.06. The highest BCUT2D eigenvalue weighted by molar-refractivity contribution is 5.32. The number of benzene rings is 1. The summed E-state index contributed by atoms with van der Waals surface area (Å²) in [6, 6.07) is 6.24. The molecular weight excluding hydrogens is 266 g/mol. The zero-order chi connectivity index (χ0) is 15.8. The van der Waals surface area contributed by atoms with E-state index in [4.69, 9.17) is 9.84 Å². The van der Waals surface area contributed by atoms with E-state index in [1.807, 2.05) is 26.0 Å². The largest absolute Gasteiger partial charge is 0.491 e. The van der Waals surface area contributed by atoms with Crippen molar-refractivity contribution in [2.45, 2.75) is 46.3 Å². The van der Waals surface area contributed by atoms with E-state index in [2.05, 4.69) is 25.2 Å². The molecule has 2 atom stereocenters. The number of aryl methyl sites for hydroxylation is 2. The van der Waals surface area contributed by atoms with E-state index in [0.717, 1.165) is 16.9 Å². The average Bonchev–Trinajstić information content (AvgIpc) is 2.39. The Morgan fingerprint density at radius 3 is 2.29 bits per heavy atom. The van der Waals surface area contributed by atoms with Gasteiger partial charge in [0.15, 0.2) is 0 Å². The van der Waals surface area contributed by atoms with Crippen molar-refractivity contribution in [2.75, 3.05) is 19.8 Å². The number of hydrogen-bond acceptors (Lipinski definition) is 4. The monoisotopic (exact) mass is 295 g/mol. The van der Waals surface area contributed by atoms with Gasteiger partial charge < -0.3 is 20.3 Å². The number of aliphatic hydroxyl groups is 2. The molecule has 0 spiro atoms. The van der Waals surface area contributed by atoms with Crippen LogP contribution < -0.4 is 10.1 Å². The maximum atomic E-state index is 10.00. The normalized spacial score (nSPS) is 14.2. The molecule has 0 radical (unpaired) electrons. The first-order valence-electron chi connectivity index (χ1n) is 7.65. The quantitative estimate of drug-likeness (QED) is 0.652. The SMILES string of the molecule is Cc1cc(C)cc(OCC(O)CNC(CCO)C(C)C)c1. The zero-order valence-electron chi connectivity index (χ0n) is 13.6. The second kappa shape index (κ2) is 9.03. The van der Waals surface area contributed by atoms with E-state index in [1.165, 1.54) is 0 Å². The van der Waals surface area contributed by atoms with Gasteiger partial charge in [-0.25, -0.2) is 0 Å². The van der Waals surface area contributed by atoms with Gasteiger partial charge in [-0.15, -0.1) is 0 Å². The summed E-state index contributed by atoms with van der Waals surface area (Å²) < 4.78 is 5.64. The minimum atomic E-state index is -0.564. The van der Waals surface area contributed by atoms with Crippen molar-refractivity contribution in [3.05, 3.63) is 29.3 Å². The van der Waals surface area contributed by atoms with Crippen molar-refractivity contribution in [3.8, 4) is 5.75 Å². The molecule has 3 N–H and O–H groups in total. The van der Waals surface area contributed by atoms with Crippen LogP contribution in [0.15, 0.2) is 18.2 Å². The third-order valence-corrected chi connectivity index (χ3v) is 3.50. The van der Waals surface area contributed by atoms with Crippen LogP contribution in [0.5, 0.6) is 5.75 Å². The summed E-state index contributed by atoms with van der Waals surface area (Å²) in [5.74, 6) is 1.21. The predicted octanol–water partition coefficient (Wildman–Crippen LogP) is 2.04. The van der Waals surface area contributed by atoms with E-state index in [9.17, 15) is 5.11 Å². The van der Waals surface area contributed by atoms with Crippen LogP contribution in [-0.2, 0) is 0 Å². The number of nitrogens with one attached hydrogen (secondary N) is 1. The van der Waals surface area contributed by atoms with Gasteiger partial charge >= 0.3 is 0 Å². The molecule has 21 heavy (non-hydrogen) atoms. The number of rotatable bonds is 9. The van der Waals surface area contributed by atoms with Crippen LogP contribution in [0, 0.1) is 19.8 Å². The first-order chi connectivity index (χ1) is 9.92. The van der Waals surface area contributed by atoms with Gasteiger partial charge in [-0.2, -0.15) is 0 Å². The summed E-state index contributed by atoms with van der Waals surface area (Å²) in [6.45, 7) is 9.15. The molecule has 2 unspecified atom stereocenters. The number of ether oxygens (including phenoxy) is 1. The van der Waals surface area contributed by atoms with Crippen LogP contribution in [0.4, 0.5) is 0 Å². The van der Waals surface area contributed by atoms with Gasteiger partial charge in [-0.3, -0.25) is 0 Å². The second-order valence-electron chi connectivity index (χ2n) is 6.06. The lowest BCUT2D eigenvalue weighted by atomic mass is 10.0. The predicted molar refractivity (Wildman–Crippen MR) is 85.7 cm³/mol. The summed E-state index contributed by atoms with van der Waals surface area (Å²) in [7, 11) is 0. The summed E-state index contributed by atoms with van der Waals surface area (Å²) >= 11 is 0. The van der Waals surface area contributed by atoms with E-state index < -0.39 is 6.10 Å². The van der Waals surface area contributed by atoms with Crippen molar-refractivity contribution >= 4 is 0 Å². The van der Waals surface area contributed by atoms with Crippen LogP contribution in [0.1, 0.15) is 31.4 Å². The molecule has 0 amide bonds. The van der Waals surface area contributed by atoms with Gasteiger partial charge in [0.2, 0.25) is 0 Å². The molecule has 0 aliphatic heterocycles. The third kappa shape index (κ3) is 6.93. The smallest absolute Gasteiger partial charge is 0.119 e. The van der Waals surface area contributed by atoms with E-state index in [1.54, 1.807) is 0 Å². The number of aliphatic hydroxyl groups excluding tert-OH is 2. The Labute approximate surface area is 128 Å². The Morgan fingerprint density at radius 2 is 1.76 bits per heavy atom. The molecular formula is C17H29NO3. The first-order valence-corrected chi connectivity index (χ1v) is 7.65. The molecule has 4 nitrogen and oxygen atoms in total. The Hall–Kier alpha value is -1.10. The van der Waals surface area contributed by atoms with Crippen LogP contribution in [0.25, 0.3) is 0 Å². The summed E-state index contributed by atoms with van der Waals surface area (Å²) in [5, 5.41) is 22.3. The Kier molecular flexibility index (Phi) is 7.72. The third-order valence-electron chi connectivity index (χ3n) is 3.50. The molecule has 0 saturated carbocycles. The lowest BCUT2D eigenvalue weighted by molar-refractivity contribution is 0.0994. The van der Waals surface area contributed by atoms with Gasteiger partial charge in [-0.05, 0) is 49.4 Å². The van der Waals surface area contributed by atoms with Crippen molar-refractivity contribution < 1.29 is 14.9 Å². The van der Waals surface area contributed by atoms with Crippen molar-refractivity contribution in [2.24, 2.45) is 5.92 Å². The zero-order valence-corrected chi connectivity index (χ0v) is 13.6. The lowest BCUT2D eigenvalue weighted by Crippen LogP contribution is -2.41. The van der Waals surface area contributed by atoms with Gasteiger partial charge in [0.1, 0.15) is 18.5 Å². The molecule has 1 aromatic rings. The van der Waals surface area contributed by atoms with E-state index >= 15 is 0 Å². The Bertz CT molecular complexity index is 400. The van der Waals surface area contributed by atoms with Gasteiger partial charge in [-0.1, -0.05) is 19.9 Å². The molecule has 0 aromatic heterocycles. The fourth-order valence-corrected chi connectivity index (χ4v) is 2.37. The van der Waals surface area contributed by atoms with Crippen LogP contribution in [-0.4, -0.2) is 42.1 Å². The molecule has 1 rings (SSSR count). The fourth-order valence-electron chi connectivity index (χ4n) is 2.37. The maximum absolute atomic E-state index is 10.00. The summed E-state index contributed by atoms with van der Waals surface area (Å²) in [6.07, 6.45) is 0.133. The van der Waals surface area contributed by atoms with Crippen molar-refractivity contribution in [1.82, 2.24) is 5.32 Å². The fraction of sp³-hybridized carbons (Fsp3) is 0.647. The topological polar surface area (TPSA) is 61.7 Å². The first kappa shape index (κ1) is 18.0. The molecule has 0 heterocycles. The molecule has 0 saturated heterocycles. The van der Waals surface area contributed by atoms with Crippen molar-refractivity contribution in [1.29, 1.82) is 0 Å². The Balaban J connectivity index is 2.38.